The number of benzene rings is 2. The smallest absolute Gasteiger partial charge is 0.255 e. The standard InChI is InChI=1S/C25H34N2O4/c1-17-16-27(2)13-12-19(17)9-6-18-7-10-21(11-8-18)26-25(28)20-14-22(29-3)24(31-5)23(15-20)30-4/h7-8,10-11,14-15,17,19H,6,9,12-13,16H2,1-5H3,(H,26,28)/t17-,19-/m1/s1. The topological polar surface area (TPSA) is 60.0 Å². The highest BCUT2D eigenvalue weighted by molar-refractivity contribution is 6.05. The SMILES string of the molecule is COc1cc(C(=O)Nc2ccc(CC[C@@H]3CCN(C)C[C@H]3C)cc2)cc(OC)c1OC. The van der Waals surface area contributed by atoms with Crippen molar-refractivity contribution in [2.24, 2.45) is 11.8 Å². The van der Waals surface area contributed by atoms with Crippen molar-refractivity contribution in [3.63, 3.8) is 0 Å². The summed E-state index contributed by atoms with van der Waals surface area (Å²) in [7, 11) is 6.81. The molecule has 0 aromatic heterocycles. The van der Waals surface area contributed by atoms with Gasteiger partial charge in [0.25, 0.3) is 5.91 Å². The molecule has 2 aromatic carbocycles. The molecule has 6 nitrogen and oxygen atoms in total. The number of hydrogen-bond donors (Lipinski definition) is 1. The Labute approximate surface area is 185 Å². The fourth-order valence-corrected chi connectivity index (χ4v) is 4.35. The van der Waals surface area contributed by atoms with Crippen LogP contribution in [0, 0.1) is 11.8 Å². The highest BCUT2D eigenvalue weighted by Gasteiger charge is 2.23. The third kappa shape index (κ3) is 5.70. The monoisotopic (exact) mass is 426 g/mol. The average molecular weight is 427 g/mol. The van der Waals surface area contributed by atoms with Gasteiger partial charge in [-0.25, -0.2) is 0 Å². The molecule has 0 aliphatic carbocycles. The summed E-state index contributed by atoms with van der Waals surface area (Å²) in [6.45, 7) is 4.75. The van der Waals surface area contributed by atoms with Gasteiger partial charge in [0.15, 0.2) is 11.5 Å². The Balaban J connectivity index is 1.61. The first-order valence-electron chi connectivity index (χ1n) is 10.8. The number of hydrogen-bond acceptors (Lipinski definition) is 5. The van der Waals surface area contributed by atoms with Gasteiger partial charge in [-0.05, 0) is 74.5 Å². The van der Waals surface area contributed by atoms with Crippen molar-refractivity contribution in [3.8, 4) is 17.2 Å². The molecule has 31 heavy (non-hydrogen) atoms. The number of nitrogens with zero attached hydrogens (tertiary/aromatic N) is 1. The van der Waals surface area contributed by atoms with Crippen LogP contribution in [0.4, 0.5) is 5.69 Å². The number of nitrogens with one attached hydrogen (secondary N) is 1. The van der Waals surface area contributed by atoms with Crippen molar-refractivity contribution in [2.75, 3.05) is 46.8 Å². The second kappa shape index (κ2) is 10.5. The Hall–Kier alpha value is -2.73. The van der Waals surface area contributed by atoms with E-state index in [-0.39, 0.29) is 5.91 Å². The third-order valence-corrected chi connectivity index (χ3v) is 6.23. The molecule has 1 fully saturated rings. The van der Waals surface area contributed by atoms with E-state index in [1.54, 1.807) is 12.1 Å². The molecule has 1 aliphatic heterocycles. The Morgan fingerprint density at radius 3 is 2.26 bits per heavy atom. The van der Waals surface area contributed by atoms with Crippen LogP contribution in [0.1, 0.15) is 35.7 Å². The van der Waals surface area contributed by atoms with E-state index in [2.05, 4.69) is 36.3 Å². The van der Waals surface area contributed by atoms with E-state index in [0.717, 1.165) is 23.9 Å². The zero-order valence-electron chi connectivity index (χ0n) is 19.2. The highest BCUT2D eigenvalue weighted by atomic mass is 16.5. The van der Waals surface area contributed by atoms with Crippen LogP contribution in [0.15, 0.2) is 36.4 Å². The van der Waals surface area contributed by atoms with E-state index >= 15 is 0 Å². The van der Waals surface area contributed by atoms with E-state index in [4.69, 9.17) is 14.2 Å². The van der Waals surface area contributed by atoms with Crippen molar-refractivity contribution in [3.05, 3.63) is 47.5 Å². The number of piperidine rings is 1. The Bertz CT molecular complexity index is 857. The molecule has 2 aromatic rings. The van der Waals surface area contributed by atoms with E-state index in [1.807, 2.05) is 12.1 Å². The minimum absolute atomic E-state index is 0.229. The summed E-state index contributed by atoms with van der Waals surface area (Å²) in [5, 5.41) is 2.95. The average Bonchev–Trinajstić information content (AvgIpc) is 2.78. The molecule has 1 N–H and O–H groups in total. The molecule has 0 radical (unpaired) electrons. The van der Waals surface area contributed by atoms with Crippen LogP contribution in [0.25, 0.3) is 0 Å². The molecule has 0 spiro atoms. The van der Waals surface area contributed by atoms with Gasteiger partial charge in [0.1, 0.15) is 0 Å². The van der Waals surface area contributed by atoms with Crippen molar-refractivity contribution >= 4 is 11.6 Å². The molecular formula is C25H34N2O4. The van der Waals surface area contributed by atoms with Crippen molar-refractivity contribution < 1.29 is 19.0 Å². The molecular weight excluding hydrogens is 392 g/mol. The zero-order valence-corrected chi connectivity index (χ0v) is 19.2. The van der Waals surface area contributed by atoms with Crippen LogP contribution >= 0.6 is 0 Å². The van der Waals surface area contributed by atoms with Crippen molar-refractivity contribution in [1.29, 1.82) is 0 Å². The lowest BCUT2D eigenvalue weighted by Gasteiger charge is -2.34. The van der Waals surface area contributed by atoms with E-state index in [9.17, 15) is 4.79 Å². The summed E-state index contributed by atoms with van der Waals surface area (Å²) >= 11 is 0. The van der Waals surface area contributed by atoms with Gasteiger partial charge < -0.3 is 24.4 Å². The summed E-state index contributed by atoms with van der Waals surface area (Å²) in [4.78, 5) is 15.2. The third-order valence-electron chi connectivity index (χ3n) is 6.23. The summed E-state index contributed by atoms with van der Waals surface area (Å²) in [6, 6.07) is 11.4. The minimum atomic E-state index is -0.229. The van der Waals surface area contributed by atoms with E-state index < -0.39 is 0 Å². The first kappa shape index (κ1) is 22.9. The van der Waals surface area contributed by atoms with E-state index in [0.29, 0.717) is 22.8 Å². The summed E-state index contributed by atoms with van der Waals surface area (Å²) in [5.41, 5.74) is 2.50. The quantitative estimate of drug-likeness (QED) is 0.674. The van der Waals surface area contributed by atoms with Crippen LogP contribution in [0.2, 0.25) is 0 Å². The molecule has 3 rings (SSSR count). The second-order valence-corrected chi connectivity index (χ2v) is 8.39. The van der Waals surface area contributed by atoms with Gasteiger partial charge in [0.2, 0.25) is 5.75 Å². The molecule has 2 atom stereocenters. The lowest BCUT2D eigenvalue weighted by atomic mass is 9.83. The number of likely N-dealkylation sites (tertiary alicyclic amines) is 1. The molecule has 1 aliphatic rings. The number of amides is 1. The molecule has 1 heterocycles. The van der Waals surface area contributed by atoms with Gasteiger partial charge in [-0.15, -0.1) is 0 Å². The Morgan fingerprint density at radius 2 is 1.71 bits per heavy atom. The van der Waals surface area contributed by atoms with Gasteiger partial charge in [0, 0.05) is 17.8 Å². The maximum atomic E-state index is 12.8. The molecule has 0 unspecified atom stereocenters. The summed E-state index contributed by atoms with van der Waals surface area (Å²) in [5.74, 6) is 2.67. The molecule has 0 bridgehead atoms. The fourth-order valence-electron chi connectivity index (χ4n) is 4.35. The van der Waals surface area contributed by atoms with Gasteiger partial charge in [-0.1, -0.05) is 19.1 Å². The summed E-state index contributed by atoms with van der Waals surface area (Å²) in [6.07, 6.45) is 3.56. The number of rotatable bonds is 8. The van der Waals surface area contributed by atoms with Gasteiger partial charge in [0.05, 0.1) is 21.3 Å². The normalized spacial score (nSPS) is 19.0. The zero-order chi connectivity index (χ0) is 22.4. The highest BCUT2D eigenvalue weighted by Crippen LogP contribution is 2.38. The number of methoxy groups -OCH3 is 3. The van der Waals surface area contributed by atoms with Crippen LogP contribution in [-0.2, 0) is 6.42 Å². The van der Waals surface area contributed by atoms with Crippen LogP contribution in [-0.4, -0.2) is 52.3 Å². The number of ether oxygens (including phenoxy) is 3. The second-order valence-electron chi connectivity index (χ2n) is 8.39. The molecule has 1 amide bonds. The van der Waals surface area contributed by atoms with Crippen molar-refractivity contribution in [2.45, 2.75) is 26.2 Å². The lowest BCUT2D eigenvalue weighted by molar-refractivity contribution is 0.102. The predicted molar refractivity (Wildman–Crippen MR) is 124 cm³/mol. The number of aryl methyl sites for hydroxylation is 1. The van der Waals surface area contributed by atoms with Gasteiger partial charge >= 0.3 is 0 Å². The molecule has 1 saturated heterocycles. The molecule has 168 valence electrons. The van der Waals surface area contributed by atoms with Crippen molar-refractivity contribution in [1.82, 2.24) is 4.90 Å². The fraction of sp³-hybridized carbons (Fsp3) is 0.480. The van der Waals surface area contributed by atoms with Crippen LogP contribution in [0.5, 0.6) is 17.2 Å². The molecule has 6 heteroatoms. The minimum Gasteiger partial charge on any atom is -0.493 e. The van der Waals surface area contributed by atoms with Crippen LogP contribution < -0.4 is 19.5 Å². The maximum Gasteiger partial charge on any atom is 0.255 e. The number of carbonyl (C=O) groups is 1. The van der Waals surface area contributed by atoms with E-state index in [1.165, 1.54) is 52.8 Å². The number of carbonyl (C=O) groups excluding carboxylic acids is 1. The lowest BCUT2D eigenvalue weighted by Crippen LogP contribution is -2.36. The largest absolute Gasteiger partial charge is 0.493 e. The Kier molecular flexibility index (Phi) is 7.80. The summed E-state index contributed by atoms with van der Waals surface area (Å²) < 4.78 is 16.0. The number of anilines is 1. The predicted octanol–water partition coefficient (Wildman–Crippen LogP) is 4.49. The Morgan fingerprint density at radius 1 is 1.06 bits per heavy atom. The first-order valence-corrected chi connectivity index (χ1v) is 10.8. The molecule has 0 saturated carbocycles. The van der Waals surface area contributed by atoms with Gasteiger partial charge in [-0.3, -0.25) is 4.79 Å². The van der Waals surface area contributed by atoms with Crippen LogP contribution in [0.3, 0.4) is 0 Å². The maximum absolute atomic E-state index is 12.8. The van der Waals surface area contributed by atoms with Gasteiger partial charge in [-0.2, -0.15) is 0 Å². The first-order chi connectivity index (χ1) is 14.9.